The maximum atomic E-state index is 4.32. The molecule has 1 aliphatic rings. The van der Waals surface area contributed by atoms with Crippen molar-refractivity contribution in [3.8, 4) is 11.1 Å². The van der Waals surface area contributed by atoms with Crippen LogP contribution in [0.3, 0.4) is 0 Å². The predicted octanol–water partition coefficient (Wildman–Crippen LogP) is 3.91. The minimum Gasteiger partial charge on any atom is -0.299 e. The molecule has 2 heterocycles. The molecule has 1 fully saturated rings. The van der Waals surface area contributed by atoms with Crippen molar-refractivity contribution < 1.29 is 0 Å². The number of aryl methyl sites for hydroxylation is 1. The molecule has 0 N–H and O–H groups in total. The molecule has 104 valence electrons. The summed E-state index contributed by atoms with van der Waals surface area (Å²) in [6.07, 6.45) is 7.69. The van der Waals surface area contributed by atoms with E-state index in [9.17, 15) is 0 Å². The number of likely N-dealkylation sites (tertiary alicyclic amines) is 1. The third-order valence-electron chi connectivity index (χ3n) is 4.18. The van der Waals surface area contributed by atoms with Crippen LogP contribution in [0, 0.1) is 0 Å². The third-order valence-corrected chi connectivity index (χ3v) is 4.18. The van der Waals surface area contributed by atoms with Crippen molar-refractivity contribution in [3.05, 3.63) is 53.9 Å². The Labute approximate surface area is 121 Å². The van der Waals surface area contributed by atoms with Crippen molar-refractivity contribution >= 4 is 0 Å². The van der Waals surface area contributed by atoms with Crippen LogP contribution in [0.2, 0.25) is 0 Å². The lowest BCUT2D eigenvalue weighted by molar-refractivity contribution is 0.332. The zero-order chi connectivity index (χ0) is 13.8. The van der Waals surface area contributed by atoms with Crippen molar-refractivity contribution in [1.29, 1.82) is 0 Å². The highest BCUT2D eigenvalue weighted by Crippen LogP contribution is 2.25. The predicted molar refractivity (Wildman–Crippen MR) is 83.6 cm³/mol. The SMILES string of the molecule is CCc1ccc(-c2cnccc2CN2CCCC2)cc1. The zero-order valence-electron chi connectivity index (χ0n) is 12.2. The van der Waals surface area contributed by atoms with E-state index in [0.29, 0.717) is 0 Å². The van der Waals surface area contributed by atoms with E-state index < -0.39 is 0 Å². The van der Waals surface area contributed by atoms with Crippen molar-refractivity contribution in [2.45, 2.75) is 32.7 Å². The van der Waals surface area contributed by atoms with E-state index in [2.05, 4.69) is 47.1 Å². The van der Waals surface area contributed by atoms with Gasteiger partial charge in [-0.25, -0.2) is 0 Å². The summed E-state index contributed by atoms with van der Waals surface area (Å²) in [7, 11) is 0. The molecule has 1 aromatic carbocycles. The van der Waals surface area contributed by atoms with Gasteiger partial charge in [-0.2, -0.15) is 0 Å². The summed E-state index contributed by atoms with van der Waals surface area (Å²) in [5.41, 5.74) is 5.34. The lowest BCUT2D eigenvalue weighted by atomic mass is 10.00. The Kier molecular flexibility index (Phi) is 4.12. The highest BCUT2D eigenvalue weighted by molar-refractivity contribution is 5.66. The standard InChI is InChI=1S/C18H22N2/c1-2-15-5-7-16(8-6-15)18-13-19-10-9-17(18)14-20-11-3-4-12-20/h5-10,13H,2-4,11-12,14H2,1H3. The van der Waals surface area contributed by atoms with Crippen LogP contribution in [0.5, 0.6) is 0 Å². The first-order valence-electron chi connectivity index (χ1n) is 7.61. The zero-order valence-corrected chi connectivity index (χ0v) is 12.2. The second kappa shape index (κ2) is 6.19. The fraction of sp³-hybridized carbons (Fsp3) is 0.389. The van der Waals surface area contributed by atoms with Crippen molar-refractivity contribution in [2.24, 2.45) is 0 Å². The van der Waals surface area contributed by atoms with Crippen LogP contribution in [0.25, 0.3) is 11.1 Å². The van der Waals surface area contributed by atoms with Gasteiger partial charge in [0.1, 0.15) is 0 Å². The van der Waals surface area contributed by atoms with Gasteiger partial charge in [0, 0.05) is 24.5 Å². The Balaban J connectivity index is 1.87. The lowest BCUT2D eigenvalue weighted by Gasteiger charge is -2.17. The average Bonchev–Trinajstić information content (AvgIpc) is 3.01. The molecule has 2 nitrogen and oxygen atoms in total. The minimum atomic E-state index is 1.05. The van der Waals surface area contributed by atoms with Crippen LogP contribution >= 0.6 is 0 Å². The van der Waals surface area contributed by atoms with Gasteiger partial charge in [-0.1, -0.05) is 31.2 Å². The molecule has 2 heteroatoms. The highest BCUT2D eigenvalue weighted by atomic mass is 15.1. The number of hydrogen-bond donors (Lipinski definition) is 0. The molecule has 0 spiro atoms. The Morgan fingerprint density at radius 1 is 1.05 bits per heavy atom. The van der Waals surface area contributed by atoms with Crippen molar-refractivity contribution in [3.63, 3.8) is 0 Å². The fourth-order valence-corrected chi connectivity index (χ4v) is 2.92. The summed E-state index contributed by atoms with van der Waals surface area (Å²) in [5.74, 6) is 0. The first kappa shape index (κ1) is 13.3. The third kappa shape index (κ3) is 2.91. The topological polar surface area (TPSA) is 16.1 Å². The second-order valence-corrected chi connectivity index (χ2v) is 5.57. The molecule has 0 saturated carbocycles. The summed E-state index contributed by atoms with van der Waals surface area (Å²) in [4.78, 5) is 6.86. The molecular formula is C18H22N2. The molecule has 20 heavy (non-hydrogen) atoms. The van der Waals surface area contributed by atoms with E-state index in [4.69, 9.17) is 0 Å². The van der Waals surface area contributed by atoms with Gasteiger partial charge in [0.05, 0.1) is 0 Å². The summed E-state index contributed by atoms with van der Waals surface area (Å²) < 4.78 is 0. The molecular weight excluding hydrogens is 244 g/mol. The Morgan fingerprint density at radius 3 is 2.50 bits per heavy atom. The van der Waals surface area contributed by atoms with Crippen LogP contribution in [-0.4, -0.2) is 23.0 Å². The van der Waals surface area contributed by atoms with Crippen LogP contribution in [-0.2, 0) is 13.0 Å². The van der Waals surface area contributed by atoms with Gasteiger partial charge in [-0.15, -0.1) is 0 Å². The number of rotatable bonds is 4. The quantitative estimate of drug-likeness (QED) is 0.834. The summed E-state index contributed by atoms with van der Waals surface area (Å²) in [5, 5.41) is 0. The van der Waals surface area contributed by atoms with E-state index in [1.807, 2.05) is 12.4 Å². The second-order valence-electron chi connectivity index (χ2n) is 5.57. The minimum absolute atomic E-state index is 1.05. The van der Waals surface area contributed by atoms with E-state index in [1.165, 1.54) is 48.2 Å². The van der Waals surface area contributed by atoms with Crippen LogP contribution in [0.1, 0.15) is 30.9 Å². The van der Waals surface area contributed by atoms with Gasteiger partial charge in [-0.3, -0.25) is 9.88 Å². The molecule has 0 aliphatic carbocycles. The van der Waals surface area contributed by atoms with Gasteiger partial charge < -0.3 is 0 Å². The highest BCUT2D eigenvalue weighted by Gasteiger charge is 2.14. The molecule has 2 aromatic rings. The van der Waals surface area contributed by atoms with Crippen molar-refractivity contribution in [1.82, 2.24) is 9.88 Å². The van der Waals surface area contributed by atoms with Crippen LogP contribution in [0.4, 0.5) is 0 Å². The molecule has 0 unspecified atom stereocenters. The summed E-state index contributed by atoms with van der Waals surface area (Å²) in [6.45, 7) is 5.71. The van der Waals surface area contributed by atoms with Gasteiger partial charge in [0.25, 0.3) is 0 Å². The van der Waals surface area contributed by atoms with Crippen molar-refractivity contribution in [2.75, 3.05) is 13.1 Å². The number of nitrogens with zero attached hydrogens (tertiary/aromatic N) is 2. The lowest BCUT2D eigenvalue weighted by Crippen LogP contribution is -2.18. The Morgan fingerprint density at radius 2 is 1.80 bits per heavy atom. The smallest absolute Gasteiger partial charge is 0.0349 e. The van der Waals surface area contributed by atoms with Gasteiger partial charge in [0.15, 0.2) is 0 Å². The molecule has 1 saturated heterocycles. The molecule has 1 aromatic heterocycles. The molecule has 0 radical (unpaired) electrons. The number of benzene rings is 1. The van der Waals surface area contributed by atoms with Gasteiger partial charge >= 0.3 is 0 Å². The first-order valence-corrected chi connectivity index (χ1v) is 7.61. The molecule has 0 amide bonds. The summed E-state index contributed by atoms with van der Waals surface area (Å²) >= 11 is 0. The Hall–Kier alpha value is -1.67. The first-order chi connectivity index (χ1) is 9.86. The van der Waals surface area contributed by atoms with E-state index in [-0.39, 0.29) is 0 Å². The molecule has 1 aliphatic heterocycles. The van der Waals surface area contributed by atoms with Crippen LogP contribution < -0.4 is 0 Å². The molecule has 0 bridgehead atoms. The largest absolute Gasteiger partial charge is 0.299 e. The van der Waals surface area contributed by atoms with E-state index >= 15 is 0 Å². The fourth-order valence-electron chi connectivity index (χ4n) is 2.92. The van der Waals surface area contributed by atoms with E-state index in [1.54, 1.807) is 0 Å². The van der Waals surface area contributed by atoms with Gasteiger partial charge in [0.2, 0.25) is 0 Å². The molecule has 3 rings (SSSR count). The number of pyridine rings is 1. The average molecular weight is 266 g/mol. The monoisotopic (exact) mass is 266 g/mol. The van der Waals surface area contributed by atoms with Gasteiger partial charge in [-0.05, 0) is 55.1 Å². The molecule has 0 atom stereocenters. The maximum Gasteiger partial charge on any atom is 0.0349 e. The maximum absolute atomic E-state index is 4.32. The van der Waals surface area contributed by atoms with E-state index in [0.717, 1.165) is 13.0 Å². The Bertz CT molecular complexity index is 554. The number of aromatic nitrogens is 1. The number of hydrogen-bond acceptors (Lipinski definition) is 2. The normalized spacial score (nSPS) is 15.7. The van der Waals surface area contributed by atoms with Crippen LogP contribution in [0.15, 0.2) is 42.7 Å². The summed E-state index contributed by atoms with van der Waals surface area (Å²) in [6, 6.07) is 11.1.